The lowest BCUT2D eigenvalue weighted by Gasteiger charge is -2.20. The van der Waals surface area contributed by atoms with Gasteiger partial charge in [-0.05, 0) is 31.0 Å². The van der Waals surface area contributed by atoms with Crippen molar-refractivity contribution >= 4 is 23.2 Å². The maximum absolute atomic E-state index is 11.9. The van der Waals surface area contributed by atoms with E-state index in [1.807, 2.05) is 0 Å². The van der Waals surface area contributed by atoms with E-state index >= 15 is 0 Å². The van der Waals surface area contributed by atoms with Crippen molar-refractivity contribution in [2.24, 2.45) is 5.92 Å². The molecule has 1 amide bonds. The third kappa shape index (κ3) is 1.41. The Balaban J connectivity index is 2.13. The molecule has 2 fully saturated rings. The van der Waals surface area contributed by atoms with Gasteiger partial charge in [0, 0.05) is 13.1 Å². The fourth-order valence-electron chi connectivity index (χ4n) is 2.21. The summed E-state index contributed by atoms with van der Waals surface area (Å²) in [6.45, 7) is 5.95. The maximum Gasteiger partial charge on any atom is 0.251 e. The standard InChI is InChI=1S/C10H16N2OS/c1-7(2)6-12-9(13)8-4-3-5-11(8)10(12)14/h7-8H,3-6H2,1-2H3/t8-/m1/s1. The van der Waals surface area contributed by atoms with Crippen LogP contribution in [0.3, 0.4) is 0 Å². The van der Waals surface area contributed by atoms with Crippen molar-refractivity contribution < 1.29 is 4.79 Å². The zero-order valence-corrected chi connectivity index (χ0v) is 9.51. The van der Waals surface area contributed by atoms with Crippen LogP contribution in [0, 0.1) is 5.92 Å². The zero-order valence-electron chi connectivity index (χ0n) is 8.69. The number of nitrogens with zero attached hydrogens (tertiary/aromatic N) is 2. The van der Waals surface area contributed by atoms with Gasteiger partial charge >= 0.3 is 0 Å². The lowest BCUT2D eigenvalue weighted by Crippen LogP contribution is -2.35. The summed E-state index contributed by atoms with van der Waals surface area (Å²) in [7, 11) is 0. The summed E-state index contributed by atoms with van der Waals surface area (Å²) in [6.07, 6.45) is 2.08. The van der Waals surface area contributed by atoms with Crippen LogP contribution in [-0.2, 0) is 4.79 Å². The second-order valence-corrected chi connectivity index (χ2v) is 4.84. The normalized spacial score (nSPS) is 26.6. The molecule has 2 aliphatic rings. The Bertz CT molecular complexity index is 255. The summed E-state index contributed by atoms with van der Waals surface area (Å²) >= 11 is 5.30. The van der Waals surface area contributed by atoms with Gasteiger partial charge in [0.15, 0.2) is 5.11 Å². The number of amides is 1. The lowest BCUT2D eigenvalue weighted by atomic mass is 10.2. The van der Waals surface area contributed by atoms with Gasteiger partial charge in [-0.2, -0.15) is 0 Å². The minimum Gasteiger partial charge on any atom is -0.337 e. The second-order valence-electron chi connectivity index (χ2n) is 4.48. The van der Waals surface area contributed by atoms with Crippen molar-refractivity contribution in [3.63, 3.8) is 0 Å². The SMILES string of the molecule is CC(C)CN1C(=O)[C@H]2CCCN2C1=S. The first kappa shape index (κ1) is 9.90. The first-order valence-electron chi connectivity index (χ1n) is 5.23. The molecule has 3 nitrogen and oxygen atoms in total. The van der Waals surface area contributed by atoms with Crippen LogP contribution in [0.2, 0.25) is 0 Å². The molecule has 0 aromatic rings. The van der Waals surface area contributed by atoms with E-state index in [0.717, 1.165) is 31.0 Å². The van der Waals surface area contributed by atoms with Gasteiger partial charge in [0.2, 0.25) is 0 Å². The fraction of sp³-hybridized carbons (Fsp3) is 0.800. The summed E-state index contributed by atoms with van der Waals surface area (Å²) in [5.74, 6) is 0.707. The molecular weight excluding hydrogens is 196 g/mol. The van der Waals surface area contributed by atoms with Gasteiger partial charge in [-0.3, -0.25) is 9.69 Å². The third-order valence-corrected chi connectivity index (χ3v) is 3.28. The first-order valence-corrected chi connectivity index (χ1v) is 5.64. The molecule has 2 saturated heterocycles. The van der Waals surface area contributed by atoms with Crippen LogP contribution >= 0.6 is 12.2 Å². The monoisotopic (exact) mass is 212 g/mol. The highest BCUT2D eigenvalue weighted by atomic mass is 32.1. The molecule has 14 heavy (non-hydrogen) atoms. The Morgan fingerprint density at radius 3 is 2.86 bits per heavy atom. The molecule has 0 saturated carbocycles. The second kappa shape index (κ2) is 3.50. The van der Waals surface area contributed by atoms with E-state index in [1.54, 1.807) is 4.90 Å². The van der Waals surface area contributed by atoms with Gasteiger partial charge in [-0.25, -0.2) is 0 Å². The van der Waals surface area contributed by atoms with Gasteiger partial charge in [0.25, 0.3) is 5.91 Å². The number of hydrogen-bond acceptors (Lipinski definition) is 2. The van der Waals surface area contributed by atoms with Crippen LogP contribution in [0.25, 0.3) is 0 Å². The molecule has 78 valence electrons. The number of rotatable bonds is 2. The van der Waals surface area contributed by atoms with Crippen LogP contribution in [0.4, 0.5) is 0 Å². The van der Waals surface area contributed by atoms with Crippen LogP contribution in [0.5, 0.6) is 0 Å². The van der Waals surface area contributed by atoms with E-state index in [9.17, 15) is 4.79 Å². The van der Waals surface area contributed by atoms with Gasteiger partial charge in [-0.1, -0.05) is 13.8 Å². The molecule has 0 unspecified atom stereocenters. The molecule has 0 spiro atoms. The Morgan fingerprint density at radius 2 is 2.29 bits per heavy atom. The average molecular weight is 212 g/mol. The predicted octanol–water partition coefficient (Wildman–Crippen LogP) is 1.23. The van der Waals surface area contributed by atoms with E-state index < -0.39 is 0 Å². The molecule has 2 rings (SSSR count). The maximum atomic E-state index is 11.9. The number of carbonyl (C=O) groups is 1. The predicted molar refractivity (Wildman–Crippen MR) is 58.9 cm³/mol. The van der Waals surface area contributed by atoms with Gasteiger partial charge in [0.1, 0.15) is 6.04 Å². The van der Waals surface area contributed by atoms with Crippen LogP contribution in [0.1, 0.15) is 26.7 Å². The number of hydrogen-bond donors (Lipinski definition) is 0. The molecule has 1 atom stereocenters. The van der Waals surface area contributed by atoms with E-state index in [-0.39, 0.29) is 11.9 Å². The van der Waals surface area contributed by atoms with Crippen molar-refractivity contribution in [2.45, 2.75) is 32.7 Å². The van der Waals surface area contributed by atoms with Crippen LogP contribution < -0.4 is 0 Å². The molecule has 0 bridgehead atoms. The average Bonchev–Trinajstić information content (AvgIpc) is 2.65. The Kier molecular flexibility index (Phi) is 2.47. The molecule has 2 aliphatic heterocycles. The number of carbonyl (C=O) groups excluding carboxylic acids is 1. The number of thiocarbonyl (C=S) groups is 1. The first-order chi connectivity index (χ1) is 6.61. The zero-order chi connectivity index (χ0) is 10.3. The molecule has 2 heterocycles. The summed E-state index contributed by atoms with van der Waals surface area (Å²) < 4.78 is 0. The lowest BCUT2D eigenvalue weighted by molar-refractivity contribution is -0.128. The Morgan fingerprint density at radius 1 is 1.57 bits per heavy atom. The van der Waals surface area contributed by atoms with E-state index in [4.69, 9.17) is 12.2 Å². The quantitative estimate of drug-likeness (QED) is 0.643. The van der Waals surface area contributed by atoms with Crippen molar-refractivity contribution in [3.8, 4) is 0 Å². The Labute approximate surface area is 90.1 Å². The minimum absolute atomic E-state index is 0.0706. The van der Waals surface area contributed by atoms with Crippen molar-refractivity contribution in [1.82, 2.24) is 9.80 Å². The van der Waals surface area contributed by atoms with Crippen molar-refractivity contribution in [1.29, 1.82) is 0 Å². The van der Waals surface area contributed by atoms with Crippen LogP contribution in [0.15, 0.2) is 0 Å². The highest BCUT2D eigenvalue weighted by Gasteiger charge is 2.44. The summed E-state index contributed by atoms with van der Waals surface area (Å²) in [4.78, 5) is 15.8. The third-order valence-electron chi connectivity index (χ3n) is 2.83. The summed E-state index contributed by atoms with van der Waals surface area (Å²) in [5, 5.41) is 0.756. The molecule has 0 radical (unpaired) electrons. The van der Waals surface area contributed by atoms with Crippen molar-refractivity contribution in [3.05, 3.63) is 0 Å². The molecule has 0 aliphatic carbocycles. The molecule has 4 heteroatoms. The van der Waals surface area contributed by atoms with Gasteiger partial charge in [0.05, 0.1) is 0 Å². The molecule has 0 N–H and O–H groups in total. The van der Waals surface area contributed by atoms with E-state index in [0.29, 0.717) is 5.92 Å². The Hall–Kier alpha value is -0.640. The number of fused-ring (bicyclic) bond motifs is 1. The highest BCUT2D eigenvalue weighted by molar-refractivity contribution is 7.80. The summed E-state index contributed by atoms with van der Waals surface area (Å²) in [5.41, 5.74) is 0. The minimum atomic E-state index is 0.0706. The van der Waals surface area contributed by atoms with E-state index in [2.05, 4.69) is 18.7 Å². The van der Waals surface area contributed by atoms with Gasteiger partial charge < -0.3 is 4.90 Å². The van der Waals surface area contributed by atoms with Crippen molar-refractivity contribution in [2.75, 3.05) is 13.1 Å². The van der Waals surface area contributed by atoms with Crippen LogP contribution in [-0.4, -0.2) is 40.0 Å². The smallest absolute Gasteiger partial charge is 0.251 e. The van der Waals surface area contributed by atoms with E-state index in [1.165, 1.54) is 0 Å². The summed E-state index contributed by atoms with van der Waals surface area (Å²) in [6, 6.07) is 0.0706. The topological polar surface area (TPSA) is 23.6 Å². The largest absolute Gasteiger partial charge is 0.337 e. The molecule has 0 aromatic heterocycles. The highest BCUT2D eigenvalue weighted by Crippen LogP contribution is 2.27. The fourth-order valence-corrected chi connectivity index (χ4v) is 2.60. The van der Waals surface area contributed by atoms with Gasteiger partial charge in [-0.15, -0.1) is 0 Å². The molecular formula is C10H16N2OS. The molecule has 0 aromatic carbocycles.